The van der Waals surface area contributed by atoms with E-state index in [0.29, 0.717) is 22.1 Å². The Morgan fingerprint density at radius 2 is 1.46 bits per heavy atom. The maximum atomic E-state index is 12.3. The van der Waals surface area contributed by atoms with Gasteiger partial charge in [-0.05, 0) is 43.3 Å². The van der Waals surface area contributed by atoms with Crippen molar-refractivity contribution in [3.05, 3.63) is 58.6 Å². The lowest BCUT2D eigenvalue weighted by molar-refractivity contribution is 0.0318. The molecule has 0 aromatic heterocycles. The van der Waals surface area contributed by atoms with Crippen LogP contribution in [0.15, 0.2) is 42.5 Å². The molecular weight excluding hydrogens is 332 g/mol. The van der Waals surface area contributed by atoms with E-state index in [0.717, 1.165) is 0 Å². The number of carbonyl (C=O) groups excluding carboxylic acids is 2. The van der Waals surface area contributed by atoms with Crippen LogP contribution in [0.25, 0.3) is 0 Å². The summed E-state index contributed by atoms with van der Waals surface area (Å²) in [6.07, 6.45) is -0.934. The van der Waals surface area contributed by atoms with E-state index in [1.165, 1.54) is 33.3 Å². The topological polar surface area (TPSA) is 61.8 Å². The number of rotatable bonds is 6. The molecule has 0 spiro atoms. The summed E-state index contributed by atoms with van der Waals surface area (Å²) in [5.41, 5.74) is 0.657. The Hall–Kier alpha value is -2.53. The summed E-state index contributed by atoms with van der Waals surface area (Å²) in [4.78, 5) is 24.6. The van der Waals surface area contributed by atoms with E-state index < -0.39 is 12.1 Å². The van der Waals surface area contributed by atoms with Gasteiger partial charge in [-0.15, -0.1) is 0 Å². The second-order valence-corrected chi connectivity index (χ2v) is 5.46. The Morgan fingerprint density at radius 1 is 0.917 bits per heavy atom. The van der Waals surface area contributed by atoms with Crippen LogP contribution < -0.4 is 9.47 Å². The molecule has 2 aromatic rings. The summed E-state index contributed by atoms with van der Waals surface area (Å²) in [5.74, 6) is -0.0344. The van der Waals surface area contributed by atoms with E-state index in [1.807, 2.05) is 0 Å². The first-order valence-corrected chi connectivity index (χ1v) is 7.56. The van der Waals surface area contributed by atoms with Gasteiger partial charge in [-0.3, -0.25) is 4.79 Å². The Balaban J connectivity index is 2.13. The van der Waals surface area contributed by atoms with E-state index in [4.69, 9.17) is 25.8 Å². The number of hydrogen-bond acceptors (Lipinski definition) is 5. The molecule has 0 saturated heterocycles. The SMILES string of the molecule is COc1cc(OC)cc(C(=O)OC(C)C(=O)c2ccc(Cl)cc2)c1. The van der Waals surface area contributed by atoms with Gasteiger partial charge >= 0.3 is 5.97 Å². The van der Waals surface area contributed by atoms with Crippen molar-refractivity contribution in [3.63, 3.8) is 0 Å². The average molecular weight is 349 g/mol. The van der Waals surface area contributed by atoms with Crippen molar-refractivity contribution in [2.24, 2.45) is 0 Å². The molecule has 2 aromatic carbocycles. The third-order valence-corrected chi connectivity index (χ3v) is 3.62. The highest BCUT2D eigenvalue weighted by Gasteiger charge is 2.21. The summed E-state index contributed by atoms with van der Waals surface area (Å²) in [6.45, 7) is 1.52. The van der Waals surface area contributed by atoms with Gasteiger partial charge in [-0.1, -0.05) is 11.6 Å². The van der Waals surface area contributed by atoms with Crippen LogP contribution in [0.5, 0.6) is 11.5 Å². The highest BCUT2D eigenvalue weighted by Crippen LogP contribution is 2.23. The second-order valence-electron chi connectivity index (χ2n) is 5.02. The first-order chi connectivity index (χ1) is 11.4. The van der Waals surface area contributed by atoms with Crippen LogP contribution in [0, 0.1) is 0 Å². The number of ketones is 1. The molecule has 0 saturated carbocycles. The Kier molecular flexibility index (Phi) is 5.82. The van der Waals surface area contributed by atoms with Crippen LogP contribution in [0.4, 0.5) is 0 Å². The Morgan fingerprint density at radius 3 is 1.96 bits per heavy atom. The monoisotopic (exact) mass is 348 g/mol. The molecule has 1 unspecified atom stereocenters. The van der Waals surface area contributed by atoms with Crippen LogP contribution in [0.3, 0.4) is 0 Å². The number of halogens is 1. The number of carbonyl (C=O) groups is 2. The smallest absolute Gasteiger partial charge is 0.339 e. The molecule has 0 N–H and O–H groups in total. The van der Waals surface area contributed by atoms with E-state index in [-0.39, 0.29) is 11.3 Å². The lowest BCUT2D eigenvalue weighted by Gasteiger charge is -2.13. The van der Waals surface area contributed by atoms with Gasteiger partial charge in [-0.2, -0.15) is 0 Å². The van der Waals surface area contributed by atoms with E-state index >= 15 is 0 Å². The van der Waals surface area contributed by atoms with Gasteiger partial charge in [-0.25, -0.2) is 4.79 Å². The molecule has 2 rings (SSSR count). The number of benzene rings is 2. The molecule has 1 atom stereocenters. The Labute approximate surface area is 145 Å². The Bertz CT molecular complexity index is 717. The first-order valence-electron chi connectivity index (χ1n) is 7.18. The van der Waals surface area contributed by atoms with E-state index in [9.17, 15) is 9.59 Å². The van der Waals surface area contributed by atoms with Crippen LogP contribution in [-0.2, 0) is 4.74 Å². The minimum Gasteiger partial charge on any atom is -0.497 e. The van der Waals surface area contributed by atoms with Crippen molar-refractivity contribution in [3.8, 4) is 11.5 Å². The number of ether oxygens (including phenoxy) is 3. The minimum atomic E-state index is -0.934. The summed E-state index contributed by atoms with van der Waals surface area (Å²) in [5, 5.41) is 0.527. The summed E-state index contributed by atoms with van der Waals surface area (Å²) < 4.78 is 15.5. The van der Waals surface area contributed by atoms with Crippen LogP contribution in [-0.4, -0.2) is 32.1 Å². The largest absolute Gasteiger partial charge is 0.497 e. The molecule has 0 aliphatic carbocycles. The molecule has 0 heterocycles. The van der Waals surface area contributed by atoms with Crippen molar-refractivity contribution in [2.75, 3.05) is 14.2 Å². The zero-order chi connectivity index (χ0) is 17.7. The molecule has 126 valence electrons. The maximum Gasteiger partial charge on any atom is 0.339 e. The maximum absolute atomic E-state index is 12.3. The fourth-order valence-electron chi connectivity index (χ4n) is 2.06. The normalized spacial score (nSPS) is 11.5. The van der Waals surface area contributed by atoms with Crippen molar-refractivity contribution in [2.45, 2.75) is 13.0 Å². The molecule has 0 amide bonds. The molecule has 24 heavy (non-hydrogen) atoms. The molecule has 0 fully saturated rings. The van der Waals surface area contributed by atoms with Gasteiger partial charge in [0.05, 0.1) is 19.8 Å². The van der Waals surface area contributed by atoms with Crippen molar-refractivity contribution < 1.29 is 23.8 Å². The number of hydrogen-bond donors (Lipinski definition) is 0. The first kappa shape index (κ1) is 17.8. The van der Waals surface area contributed by atoms with Gasteiger partial charge in [0, 0.05) is 16.7 Å². The molecule has 0 radical (unpaired) electrons. The quantitative estimate of drug-likeness (QED) is 0.587. The van der Waals surface area contributed by atoms with Crippen LogP contribution in [0.1, 0.15) is 27.6 Å². The zero-order valence-corrected chi connectivity index (χ0v) is 14.3. The highest BCUT2D eigenvalue weighted by molar-refractivity contribution is 6.30. The molecule has 5 nitrogen and oxygen atoms in total. The van der Waals surface area contributed by atoms with Crippen molar-refractivity contribution in [1.29, 1.82) is 0 Å². The van der Waals surface area contributed by atoms with E-state index in [2.05, 4.69) is 0 Å². The van der Waals surface area contributed by atoms with Gasteiger partial charge in [0.2, 0.25) is 5.78 Å². The predicted molar refractivity (Wildman–Crippen MR) is 90.2 cm³/mol. The van der Waals surface area contributed by atoms with E-state index in [1.54, 1.807) is 30.3 Å². The molecule has 6 heteroatoms. The van der Waals surface area contributed by atoms with Crippen LogP contribution in [0.2, 0.25) is 5.02 Å². The van der Waals surface area contributed by atoms with Gasteiger partial charge in [0.25, 0.3) is 0 Å². The average Bonchev–Trinajstić information content (AvgIpc) is 2.61. The number of esters is 1. The van der Waals surface area contributed by atoms with Crippen molar-refractivity contribution >= 4 is 23.4 Å². The number of methoxy groups -OCH3 is 2. The highest BCUT2D eigenvalue weighted by atomic mass is 35.5. The van der Waals surface area contributed by atoms with Gasteiger partial charge in [0.15, 0.2) is 6.10 Å². The molecular formula is C18H17ClO5. The molecule has 0 aliphatic rings. The fraction of sp³-hybridized carbons (Fsp3) is 0.222. The van der Waals surface area contributed by atoms with Crippen LogP contribution >= 0.6 is 11.6 Å². The van der Waals surface area contributed by atoms with Crippen molar-refractivity contribution in [1.82, 2.24) is 0 Å². The van der Waals surface area contributed by atoms with Gasteiger partial charge < -0.3 is 14.2 Å². The van der Waals surface area contributed by atoms with Gasteiger partial charge in [0.1, 0.15) is 11.5 Å². The second kappa shape index (κ2) is 7.84. The lowest BCUT2D eigenvalue weighted by Crippen LogP contribution is -2.24. The molecule has 0 bridgehead atoms. The lowest BCUT2D eigenvalue weighted by atomic mass is 10.1. The molecule has 0 aliphatic heterocycles. The third-order valence-electron chi connectivity index (χ3n) is 3.37. The summed E-state index contributed by atoms with van der Waals surface area (Å²) in [7, 11) is 2.97. The standard InChI is InChI=1S/C18H17ClO5/c1-11(17(20)12-4-6-14(19)7-5-12)24-18(21)13-8-15(22-2)10-16(9-13)23-3/h4-11H,1-3H3. The third kappa shape index (κ3) is 4.26. The zero-order valence-electron chi connectivity index (χ0n) is 13.5. The minimum absolute atomic E-state index is 0.238. The summed E-state index contributed by atoms with van der Waals surface area (Å²) >= 11 is 5.80. The summed E-state index contributed by atoms with van der Waals surface area (Å²) in [6, 6.07) is 11.1. The predicted octanol–water partition coefficient (Wildman–Crippen LogP) is 3.79. The number of Topliss-reactive ketones (excluding diaryl/α,β-unsaturated/α-hetero) is 1. The fourth-order valence-corrected chi connectivity index (χ4v) is 2.18.